The number of amides is 1. The molecule has 0 bridgehead atoms. The normalized spacial score (nSPS) is 19.6. The quantitative estimate of drug-likeness (QED) is 0.724. The Kier molecular flexibility index (Phi) is 7.49. The summed E-state index contributed by atoms with van der Waals surface area (Å²) in [4.78, 5) is 15.0. The van der Waals surface area contributed by atoms with E-state index in [1.54, 1.807) is 0 Å². The summed E-state index contributed by atoms with van der Waals surface area (Å²) in [7, 11) is -3.67. The summed E-state index contributed by atoms with van der Waals surface area (Å²) in [5, 5.41) is 11.8. The van der Waals surface area contributed by atoms with Crippen LogP contribution in [0.1, 0.15) is 19.3 Å². The maximum absolute atomic E-state index is 12.8. The molecule has 29 heavy (non-hydrogen) atoms. The molecular weight excluding hydrogens is 416 g/mol. The van der Waals surface area contributed by atoms with E-state index in [0.29, 0.717) is 56.3 Å². The van der Waals surface area contributed by atoms with Gasteiger partial charge in [0.2, 0.25) is 15.9 Å². The lowest BCUT2D eigenvalue weighted by molar-refractivity contribution is -0.121. The lowest BCUT2D eigenvalue weighted by atomic mass is 9.95. The average molecular weight is 441 g/mol. The van der Waals surface area contributed by atoms with Crippen LogP contribution in [0.15, 0.2) is 23.1 Å². The number of sulfonamides is 1. The van der Waals surface area contributed by atoms with Crippen LogP contribution in [0.5, 0.6) is 0 Å². The van der Waals surface area contributed by atoms with Crippen LogP contribution in [0.3, 0.4) is 0 Å². The van der Waals surface area contributed by atoms with Gasteiger partial charge in [-0.15, -0.1) is 0 Å². The van der Waals surface area contributed by atoms with Crippen LogP contribution in [0.4, 0.5) is 5.69 Å². The molecule has 1 aromatic rings. The molecule has 1 N–H and O–H groups in total. The maximum atomic E-state index is 12.8. The number of nitrogens with one attached hydrogen (secondary N) is 1. The number of likely N-dealkylation sites (tertiary alicyclic amines) is 1. The first-order valence-corrected chi connectivity index (χ1v) is 11.5. The van der Waals surface area contributed by atoms with Crippen LogP contribution in [0.25, 0.3) is 0 Å². The largest absolute Gasteiger partial charge is 0.379 e. The summed E-state index contributed by atoms with van der Waals surface area (Å²) < 4.78 is 32.3. The third-order valence-electron chi connectivity index (χ3n) is 5.30. The minimum absolute atomic E-state index is 0.102. The zero-order valence-electron chi connectivity index (χ0n) is 16.1. The van der Waals surface area contributed by atoms with Crippen molar-refractivity contribution in [3.8, 4) is 6.07 Å². The van der Waals surface area contributed by atoms with E-state index in [1.165, 1.54) is 22.5 Å². The molecule has 158 valence electrons. The van der Waals surface area contributed by atoms with Crippen LogP contribution < -0.4 is 5.32 Å². The van der Waals surface area contributed by atoms with Crippen molar-refractivity contribution >= 4 is 33.2 Å². The minimum Gasteiger partial charge on any atom is -0.379 e. The first kappa shape index (κ1) is 22.0. The second kappa shape index (κ2) is 9.87. The second-order valence-electron chi connectivity index (χ2n) is 7.17. The summed E-state index contributed by atoms with van der Waals surface area (Å²) in [6.45, 7) is 3.58. The number of halogens is 1. The van der Waals surface area contributed by atoms with Crippen LogP contribution in [-0.4, -0.2) is 69.5 Å². The predicted octanol–water partition coefficient (Wildman–Crippen LogP) is 1.93. The van der Waals surface area contributed by atoms with Gasteiger partial charge in [0.1, 0.15) is 0 Å². The number of piperidine rings is 1. The zero-order chi connectivity index (χ0) is 20.9. The van der Waals surface area contributed by atoms with Gasteiger partial charge in [-0.3, -0.25) is 4.79 Å². The molecule has 1 amide bonds. The average Bonchev–Trinajstić information content (AvgIpc) is 2.74. The van der Waals surface area contributed by atoms with Gasteiger partial charge in [-0.05, 0) is 44.1 Å². The van der Waals surface area contributed by atoms with E-state index in [0.717, 1.165) is 19.6 Å². The summed E-state index contributed by atoms with van der Waals surface area (Å²) >= 11 is 6.21. The lowest BCUT2D eigenvalue weighted by Gasteiger charge is -2.30. The van der Waals surface area contributed by atoms with E-state index in [2.05, 4.69) is 16.3 Å². The highest BCUT2D eigenvalue weighted by Gasteiger charge is 2.28. The van der Waals surface area contributed by atoms with E-state index < -0.39 is 10.0 Å². The first-order chi connectivity index (χ1) is 13.9. The smallest absolute Gasteiger partial charge is 0.243 e. The monoisotopic (exact) mass is 440 g/mol. The van der Waals surface area contributed by atoms with Gasteiger partial charge in [-0.25, -0.2) is 8.42 Å². The molecule has 2 aliphatic rings. The standard InChI is InChI=1S/C19H25ClN4O4S/c20-17-3-2-16(29(26,27)24-10-12-28-13-11-24)14-18(17)22-19(25)15-4-8-23(9-5-15)7-1-6-21/h2-3,14-15H,1,4-5,7-13H2,(H,22,25). The highest BCUT2D eigenvalue weighted by atomic mass is 35.5. The Labute approximate surface area is 176 Å². The van der Waals surface area contributed by atoms with Gasteiger partial charge in [0.25, 0.3) is 0 Å². The molecular formula is C19H25ClN4O4S. The summed E-state index contributed by atoms with van der Waals surface area (Å²) in [6, 6.07) is 6.51. The molecule has 1 aromatic carbocycles. The predicted molar refractivity (Wildman–Crippen MR) is 109 cm³/mol. The summed E-state index contributed by atoms with van der Waals surface area (Å²) in [5.41, 5.74) is 0.304. The Morgan fingerprint density at radius 3 is 2.59 bits per heavy atom. The highest BCUT2D eigenvalue weighted by molar-refractivity contribution is 7.89. The summed E-state index contributed by atoms with van der Waals surface area (Å²) in [6.07, 6.45) is 1.87. The van der Waals surface area contributed by atoms with Crippen LogP contribution >= 0.6 is 11.6 Å². The van der Waals surface area contributed by atoms with E-state index in [9.17, 15) is 13.2 Å². The first-order valence-electron chi connectivity index (χ1n) is 9.69. The molecule has 2 saturated heterocycles. The van der Waals surface area contributed by atoms with E-state index in [-0.39, 0.29) is 16.7 Å². The highest BCUT2D eigenvalue weighted by Crippen LogP contribution is 2.29. The molecule has 2 aliphatic heterocycles. The molecule has 3 rings (SSSR count). The fraction of sp³-hybridized carbons (Fsp3) is 0.579. The molecule has 0 saturated carbocycles. The zero-order valence-corrected chi connectivity index (χ0v) is 17.7. The van der Waals surface area contributed by atoms with E-state index in [1.807, 2.05) is 0 Å². The van der Waals surface area contributed by atoms with Crippen molar-refractivity contribution in [2.24, 2.45) is 5.92 Å². The number of morpholine rings is 1. The molecule has 2 fully saturated rings. The Morgan fingerprint density at radius 1 is 1.24 bits per heavy atom. The molecule has 0 unspecified atom stereocenters. The number of carbonyl (C=O) groups excluding carboxylic acids is 1. The molecule has 0 radical (unpaired) electrons. The Balaban J connectivity index is 1.66. The number of carbonyl (C=O) groups is 1. The molecule has 8 nitrogen and oxygen atoms in total. The summed E-state index contributed by atoms with van der Waals surface area (Å²) in [5.74, 6) is -0.323. The van der Waals surface area contributed by atoms with Crippen LogP contribution in [0, 0.1) is 17.2 Å². The van der Waals surface area contributed by atoms with Gasteiger partial charge in [0.15, 0.2) is 0 Å². The van der Waals surface area contributed by atoms with Crippen molar-refractivity contribution in [1.29, 1.82) is 5.26 Å². The Morgan fingerprint density at radius 2 is 1.93 bits per heavy atom. The maximum Gasteiger partial charge on any atom is 0.243 e. The SMILES string of the molecule is N#CCCN1CCC(C(=O)Nc2cc(S(=O)(=O)N3CCOCC3)ccc2Cl)CC1. The number of ether oxygens (including phenoxy) is 1. The number of hydrogen-bond donors (Lipinski definition) is 1. The fourth-order valence-corrected chi connectivity index (χ4v) is 5.16. The van der Waals surface area contributed by atoms with Crippen molar-refractivity contribution in [2.75, 3.05) is 51.3 Å². The van der Waals surface area contributed by atoms with Crippen molar-refractivity contribution < 1.29 is 17.9 Å². The minimum atomic E-state index is -3.67. The number of anilines is 1. The Bertz CT molecular complexity index is 873. The number of nitrogens with zero attached hydrogens (tertiary/aromatic N) is 3. The molecule has 0 spiro atoms. The lowest BCUT2D eigenvalue weighted by Crippen LogP contribution is -2.40. The molecule has 0 atom stereocenters. The van der Waals surface area contributed by atoms with Crippen molar-refractivity contribution in [1.82, 2.24) is 9.21 Å². The second-order valence-corrected chi connectivity index (χ2v) is 9.52. The van der Waals surface area contributed by atoms with Gasteiger partial charge >= 0.3 is 0 Å². The van der Waals surface area contributed by atoms with Crippen LogP contribution in [-0.2, 0) is 19.6 Å². The topological polar surface area (TPSA) is 103 Å². The fourth-order valence-electron chi connectivity index (χ4n) is 3.56. The van der Waals surface area contributed by atoms with E-state index >= 15 is 0 Å². The Hall–Kier alpha value is -1.70. The number of benzene rings is 1. The van der Waals surface area contributed by atoms with Crippen LogP contribution in [0.2, 0.25) is 5.02 Å². The van der Waals surface area contributed by atoms with Gasteiger partial charge in [-0.1, -0.05) is 11.6 Å². The van der Waals surface area contributed by atoms with Gasteiger partial charge in [0, 0.05) is 32.0 Å². The van der Waals surface area contributed by atoms with E-state index in [4.69, 9.17) is 21.6 Å². The number of nitriles is 1. The molecule has 0 aromatic heterocycles. The van der Waals surface area contributed by atoms with Crippen molar-refractivity contribution in [3.05, 3.63) is 23.2 Å². The van der Waals surface area contributed by atoms with Gasteiger partial charge in [-0.2, -0.15) is 9.57 Å². The number of hydrogen-bond acceptors (Lipinski definition) is 6. The molecule has 10 heteroatoms. The van der Waals surface area contributed by atoms with Crippen molar-refractivity contribution in [2.45, 2.75) is 24.2 Å². The van der Waals surface area contributed by atoms with Gasteiger partial charge < -0.3 is 15.0 Å². The third kappa shape index (κ3) is 5.47. The number of rotatable bonds is 6. The van der Waals surface area contributed by atoms with Gasteiger partial charge in [0.05, 0.1) is 34.9 Å². The third-order valence-corrected chi connectivity index (χ3v) is 7.53. The van der Waals surface area contributed by atoms with Crippen molar-refractivity contribution in [3.63, 3.8) is 0 Å². The molecule has 2 heterocycles. The molecule has 0 aliphatic carbocycles.